The molecule has 1 amide bonds. The van der Waals surface area contributed by atoms with Crippen molar-refractivity contribution in [2.75, 3.05) is 19.8 Å². The highest BCUT2D eigenvalue weighted by Gasteiger charge is 2.41. The second kappa shape index (κ2) is 10.7. The lowest BCUT2D eigenvalue weighted by atomic mass is 9.83. The van der Waals surface area contributed by atoms with E-state index >= 15 is 0 Å². The molecular formula is C19H33ClFN5O2. The first kappa shape index (κ1) is 21.7. The average molecular weight is 418 g/mol. The van der Waals surface area contributed by atoms with Crippen LogP contribution in [0.25, 0.3) is 0 Å². The van der Waals surface area contributed by atoms with Gasteiger partial charge < -0.3 is 10.1 Å². The van der Waals surface area contributed by atoms with Gasteiger partial charge in [0.1, 0.15) is 6.17 Å². The number of hydrogen-bond donors (Lipinski definition) is 4. The smallest absolute Gasteiger partial charge is 0.229 e. The Hall–Kier alpha value is -0.960. The highest BCUT2D eigenvalue weighted by molar-refractivity contribution is 6.20. The lowest BCUT2D eigenvalue weighted by molar-refractivity contribution is -0.124. The number of fused-ring (bicyclic) bond motifs is 1. The Kier molecular flexibility index (Phi) is 8.32. The highest BCUT2D eigenvalue weighted by Crippen LogP contribution is 2.31. The van der Waals surface area contributed by atoms with Gasteiger partial charge in [0.15, 0.2) is 5.96 Å². The van der Waals surface area contributed by atoms with E-state index in [1.54, 1.807) is 0 Å². The first-order valence-corrected chi connectivity index (χ1v) is 11.0. The number of rotatable bonds is 6. The molecule has 0 aromatic heterocycles. The van der Waals surface area contributed by atoms with E-state index in [9.17, 15) is 9.18 Å². The number of guanidine groups is 1. The number of nitrogens with zero attached hydrogens (tertiary/aromatic N) is 1. The maximum absolute atomic E-state index is 13.7. The minimum atomic E-state index is -0.747. The molecule has 9 heteroatoms. The number of alkyl halides is 2. The Morgan fingerprint density at radius 3 is 2.89 bits per heavy atom. The zero-order valence-corrected chi connectivity index (χ0v) is 17.3. The summed E-state index contributed by atoms with van der Waals surface area (Å²) < 4.78 is 19.0. The molecule has 1 saturated heterocycles. The van der Waals surface area contributed by atoms with Crippen LogP contribution in [0.2, 0.25) is 0 Å². The number of halogens is 2. The predicted molar refractivity (Wildman–Crippen MR) is 108 cm³/mol. The molecule has 28 heavy (non-hydrogen) atoms. The molecule has 2 aliphatic carbocycles. The molecular weight excluding hydrogens is 385 g/mol. The molecule has 0 aromatic rings. The Morgan fingerprint density at radius 2 is 2.11 bits per heavy atom. The Bertz CT molecular complexity index is 552. The van der Waals surface area contributed by atoms with E-state index in [4.69, 9.17) is 16.3 Å². The number of amides is 1. The summed E-state index contributed by atoms with van der Waals surface area (Å²) in [6, 6.07) is 0.0944. The number of ether oxygens (including phenoxy) is 1. The van der Waals surface area contributed by atoms with Crippen LogP contribution in [-0.4, -0.2) is 55.4 Å². The molecule has 6 unspecified atom stereocenters. The maximum atomic E-state index is 13.7. The fourth-order valence-electron chi connectivity index (χ4n) is 4.38. The van der Waals surface area contributed by atoms with E-state index in [1.807, 2.05) is 6.92 Å². The van der Waals surface area contributed by atoms with E-state index in [-0.39, 0.29) is 35.3 Å². The molecule has 0 bridgehead atoms. The van der Waals surface area contributed by atoms with Gasteiger partial charge in [-0.3, -0.25) is 20.5 Å². The highest BCUT2D eigenvalue weighted by atomic mass is 35.5. The number of carbonyl (C=O) groups excluding carboxylic acids is 1. The molecule has 0 spiro atoms. The van der Waals surface area contributed by atoms with Crippen LogP contribution in [-0.2, 0) is 9.53 Å². The van der Waals surface area contributed by atoms with Crippen LogP contribution in [0.4, 0.5) is 4.39 Å². The van der Waals surface area contributed by atoms with Crippen LogP contribution in [0, 0.1) is 11.8 Å². The fraction of sp³-hybridized carbons (Fsp3) is 0.895. The molecule has 160 valence electrons. The average Bonchev–Trinajstić information content (AvgIpc) is 3.06. The Balaban J connectivity index is 1.59. The van der Waals surface area contributed by atoms with Crippen molar-refractivity contribution >= 4 is 23.5 Å². The van der Waals surface area contributed by atoms with Gasteiger partial charge in [-0.05, 0) is 45.4 Å². The Morgan fingerprint density at radius 1 is 1.25 bits per heavy atom. The molecule has 6 atom stereocenters. The summed E-state index contributed by atoms with van der Waals surface area (Å²) in [7, 11) is 0. The number of carbonyl (C=O) groups is 1. The van der Waals surface area contributed by atoms with Crippen molar-refractivity contribution in [3.63, 3.8) is 0 Å². The zero-order valence-electron chi connectivity index (χ0n) is 16.6. The molecule has 0 radical (unpaired) electrons. The van der Waals surface area contributed by atoms with Crippen LogP contribution in [0.3, 0.4) is 0 Å². The largest absolute Gasteiger partial charge is 0.380 e. The van der Waals surface area contributed by atoms with E-state index in [2.05, 4.69) is 26.5 Å². The summed E-state index contributed by atoms with van der Waals surface area (Å²) in [4.78, 5) is 17.2. The summed E-state index contributed by atoms with van der Waals surface area (Å²) in [6.07, 6.45) is 4.52. The third-order valence-corrected chi connectivity index (χ3v) is 6.31. The van der Waals surface area contributed by atoms with E-state index in [0.717, 1.165) is 25.7 Å². The number of hydrogen-bond acceptors (Lipinski definition) is 5. The van der Waals surface area contributed by atoms with Gasteiger partial charge >= 0.3 is 0 Å². The Labute approximate surface area is 171 Å². The number of nitrogens with one attached hydrogen (secondary N) is 4. The van der Waals surface area contributed by atoms with Crippen LogP contribution in [0.1, 0.15) is 51.9 Å². The first-order chi connectivity index (χ1) is 13.6. The molecule has 2 saturated carbocycles. The van der Waals surface area contributed by atoms with Gasteiger partial charge in [-0.1, -0.05) is 6.42 Å². The van der Waals surface area contributed by atoms with Crippen LogP contribution in [0.15, 0.2) is 4.99 Å². The fourth-order valence-corrected chi connectivity index (χ4v) is 4.75. The van der Waals surface area contributed by atoms with Gasteiger partial charge in [-0.2, -0.15) is 0 Å². The van der Waals surface area contributed by atoms with Crippen molar-refractivity contribution in [2.24, 2.45) is 16.8 Å². The molecule has 0 aromatic carbocycles. The monoisotopic (exact) mass is 417 g/mol. The predicted octanol–water partition coefficient (Wildman–Crippen LogP) is 1.82. The van der Waals surface area contributed by atoms with Crippen molar-refractivity contribution in [1.29, 1.82) is 0 Å². The first-order valence-electron chi connectivity index (χ1n) is 10.6. The van der Waals surface area contributed by atoms with Gasteiger partial charge in [-0.15, -0.1) is 11.6 Å². The maximum Gasteiger partial charge on any atom is 0.229 e. The van der Waals surface area contributed by atoms with Crippen molar-refractivity contribution in [1.82, 2.24) is 21.5 Å². The normalized spacial score (nSPS) is 36.0. The van der Waals surface area contributed by atoms with E-state index in [1.165, 1.54) is 0 Å². The molecule has 1 aliphatic heterocycles. The molecule has 7 nitrogen and oxygen atoms in total. The summed E-state index contributed by atoms with van der Waals surface area (Å²) in [5.41, 5.74) is 6.38. The SMILES string of the molecule is CCOCCN=C(NC(=O)C1CCCC(Cl)C1)NC1NNC2CC(F)CCC21. The van der Waals surface area contributed by atoms with Gasteiger partial charge in [0.25, 0.3) is 0 Å². The van der Waals surface area contributed by atoms with Crippen LogP contribution < -0.4 is 21.5 Å². The third kappa shape index (κ3) is 6.02. The van der Waals surface area contributed by atoms with Gasteiger partial charge in [0, 0.05) is 29.9 Å². The number of aliphatic imine (C=N–C) groups is 1. The molecule has 3 aliphatic rings. The van der Waals surface area contributed by atoms with E-state index in [0.29, 0.717) is 45.0 Å². The summed E-state index contributed by atoms with van der Waals surface area (Å²) in [5, 5.41) is 6.34. The minimum absolute atomic E-state index is 0.0389. The molecule has 4 N–H and O–H groups in total. The summed E-state index contributed by atoms with van der Waals surface area (Å²) >= 11 is 6.24. The van der Waals surface area contributed by atoms with Gasteiger partial charge in [0.05, 0.1) is 19.3 Å². The topological polar surface area (TPSA) is 86.8 Å². The van der Waals surface area contributed by atoms with Crippen molar-refractivity contribution in [2.45, 2.75) is 75.6 Å². The summed E-state index contributed by atoms with van der Waals surface area (Å²) in [6.45, 7) is 3.52. The van der Waals surface area contributed by atoms with Crippen molar-refractivity contribution < 1.29 is 13.9 Å². The van der Waals surface area contributed by atoms with Gasteiger partial charge in [-0.25, -0.2) is 9.82 Å². The molecule has 3 fully saturated rings. The zero-order chi connectivity index (χ0) is 19.9. The molecule has 1 heterocycles. The minimum Gasteiger partial charge on any atom is -0.380 e. The second-order valence-corrected chi connectivity index (χ2v) is 8.59. The lowest BCUT2D eigenvalue weighted by Crippen LogP contribution is -2.54. The molecule has 3 rings (SSSR count). The third-order valence-electron chi connectivity index (χ3n) is 5.92. The second-order valence-electron chi connectivity index (χ2n) is 7.97. The quantitative estimate of drug-likeness (QED) is 0.229. The van der Waals surface area contributed by atoms with Crippen molar-refractivity contribution in [3.05, 3.63) is 0 Å². The van der Waals surface area contributed by atoms with E-state index < -0.39 is 6.17 Å². The summed E-state index contributed by atoms with van der Waals surface area (Å²) in [5.74, 6) is 0.578. The standard InChI is InChI=1S/C19H33ClFN5O2/c1-2-28-9-8-22-19(24-18(27)12-4-3-5-13(20)10-12)23-17-15-7-6-14(21)11-16(15)25-26-17/h12-17,25-26H,2-11H2,1H3,(H2,22,23,24,27). The van der Waals surface area contributed by atoms with Crippen LogP contribution >= 0.6 is 11.6 Å². The van der Waals surface area contributed by atoms with Crippen molar-refractivity contribution in [3.8, 4) is 0 Å². The van der Waals surface area contributed by atoms with Crippen LogP contribution in [0.5, 0.6) is 0 Å². The lowest BCUT2D eigenvalue weighted by Gasteiger charge is -2.30. The number of hydrazine groups is 1. The van der Waals surface area contributed by atoms with Gasteiger partial charge in [0.2, 0.25) is 5.91 Å².